The molecule has 0 atom stereocenters. The van der Waals surface area contributed by atoms with E-state index in [0.717, 1.165) is 10.7 Å². The summed E-state index contributed by atoms with van der Waals surface area (Å²) in [5, 5.41) is 13.3. The molecule has 0 saturated heterocycles. The number of amides is 1. The molecule has 0 aliphatic heterocycles. The second kappa shape index (κ2) is 6.21. The highest BCUT2D eigenvalue weighted by Gasteiger charge is 2.07. The lowest BCUT2D eigenvalue weighted by atomic mass is 10.3. The molecule has 0 aromatic carbocycles. The number of nitrogens with zero attached hydrogens (tertiary/aromatic N) is 3. The van der Waals surface area contributed by atoms with Crippen LogP contribution in [0, 0.1) is 6.92 Å². The van der Waals surface area contributed by atoms with Gasteiger partial charge in [0.25, 0.3) is 5.91 Å². The van der Waals surface area contributed by atoms with Gasteiger partial charge in [-0.15, -0.1) is 21.5 Å². The summed E-state index contributed by atoms with van der Waals surface area (Å²) in [6, 6.07) is 3.15. The van der Waals surface area contributed by atoms with E-state index in [4.69, 9.17) is 5.84 Å². The average molecular weight is 278 g/mol. The van der Waals surface area contributed by atoms with Gasteiger partial charge in [0, 0.05) is 18.3 Å². The Morgan fingerprint density at radius 2 is 2.26 bits per heavy atom. The first-order valence-corrected chi connectivity index (χ1v) is 6.56. The van der Waals surface area contributed by atoms with Crippen LogP contribution >= 0.6 is 11.3 Å². The van der Waals surface area contributed by atoms with E-state index in [0.29, 0.717) is 18.8 Å². The third-order valence-electron chi connectivity index (χ3n) is 2.38. The highest BCUT2D eigenvalue weighted by atomic mass is 32.1. The number of thiazole rings is 1. The zero-order valence-electron chi connectivity index (χ0n) is 10.4. The number of nitrogen functional groups attached to an aromatic ring is 1. The maximum absolute atomic E-state index is 11.8. The molecule has 0 aliphatic rings. The highest BCUT2D eigenvalue weighted by molar-refractivity contribution is 7.09. The van der Waals surface area contributed by atoms with Crippen molar-refractivity contribution in [3.63, 3.8) is 0 Å². The molecule has 8 heteroatoms. The van der Waals surface area contributed by atoms with Gasteiger partial charge in [0.1, 0.15) is 0 Å². The van der Waals surface area contributed by atoms with Crippen molar-refractivity contribution in [3.05, 3.63) is 33.9 Å². The first-order valence-electron chi connectivity index (χ1n) is 5.68. The number of nitrogens with one attached hydrogen (secondary N) is 2. The molecular weight excluding hydrogens is 264 g/mol. The number of carbonyl (C=O) groups is 1. The van der Waals surface area contributed by atoms with Crippen molar-refractivity contribution in [1.82, 2.24) is 20.5 Å². The van der Waals surface area contributed by atoms with Crippen LogP contribution in [-0.4, -0.2) is 27.6 Å². The number of hydrogen-bond acceptors (Lipinski definition) is 7. The van der Waals surface area contributed by atoms with E-state index in [-0.39, 0.29) is 11.6 Å². The molecule has 0 spiro atoms. The summed E-state index contributed by atoms with van der Waals surface area (Å²) in [5.41, 5.74) is 3.59. The fraction of sp³-hybridized carbons (Fsp3) is 0.273. The maximum atomic E-state index is 11.8. The van der Waals surface area contributed by atoms with Crippen molar-refractivity contribution in [2.45, 2.75) is 13.3 Å². The van der Waals surface area contributed by atoms with Gasteiger partial charge in [0.15, 0.2) is 11.5 Å². The Labute approximate surface area is 114 Å². The molecule has 19 heavy (non-hydrogen) atoms. The molecule has 0 fully saturated rings. The number of carbonyl (C=O) groups excluding carboxylic acids is 1. The first kappa shape index (κ1) is 13.4. The summed E-state index contributed by atoms with van der Waals surface area (Å²) in [7, 11) is 0. The molecule has 0 saturated carbocycles. The molecule has 0 bridgehead atoms. The predicted octanol–water partition coefficient (Wildman–Crippen LogP) is 0.500. The fourth-order valence-corrected chi connectivity index (χ4v) is 2.10. The lowest BCUT2D eigenvalue weighted by Gasteiger charge is -2.03. The lowest BCUT2D eigenvalue weighted by molar-refractivity contribution is 0.0948. The van der Waals surface area contributed by atoms with Crippen LogP contribution in [0.3, 0.4) is 0 Å². The Hall–Kier alpha value is -2.06. The maximum Gasteiger partial charge on any atom is 0.271 e. The van der Waals surface area contributed by atoms with Crippen molar-refractivity contribution in [1.29, 1.82) is 0 Å². The summed E-state index contributed by atoms with van der Waals surface area (Å²) in [6.07, 6.45) is 0.700. The van der Waals surface area contributed by atoms with Gasteiger partial charge in [-0.25, -0.2) is 10.8 Å². The van der Waals surface area contributed by atoms with E-state index in [1.165, 1.54) is 0 Å². The Balaban J connectivity index is 1.83. The second-order valence-corrected chi connectivity index (χ2v) is 4.87. The number of rotatable bonds is 5. The molecular formula is C11H14N6OS. The number of hydrogen-bond donors (Lipinski definition) is 3. The summed E-state index contributed by atoms with van der Waals surface area (Å²) in [6.45, 7) is 2.47. The number of anilines is 1. The molecule has 100 valence electrons. The lowest BCUT2D eigenvalue weighted by Crippen LogP contribution is -2.27. The molecule has 0 radical (unpaired) electrons. The SMILES string of the molecule is Cc1nc(CCNC(=O)c2ccc(NN)nn2)cs1. The highest BCUT2D eigenvalue weighted by Crippen LogP contribution is 2.07. The molecule has 2 aromatic heterocycles. The van der Waals surface area contributed by atoms with Crippen molar-refractivity contribution in [2.75, 3.05) is 12.0 Å². The Bertz CT molecular complexity index is 553. The zero-order chi connectivity index (χ0) is 13.7. The summed E-state index contributed by atoms with van der Waals surface area (Å²) >= 11 is 1.60. The largest absolute Gasteiger partial charge is 0.350 e. The van der Waals surface area contributed by atoms with Crippen molar-refractivity contribution >= 4 is 23.1 Å². The normalized spacial score (nSPS) is 10.2. The van der Waals surface area contributed by atoms with E-state index in [1.54, 1.807) is 23.5 Å². The van der Waals surface area contributed by atoms with E-state index < -0.39 is 0 Å². The third kappa shape index (κ3) is 3.70. The van der Waals surface area contributed by atoms with Gasteiger partial charge >= 0.3 is 0 Å². The number of aromatic nitrogens is 3. The minimum atomic E-state index is -0.261. The first-order chi connectivity index (χ1) is 9.19. The van der Waals surface area contributed by atoms with E-state index in [9.17, 15) is 4.79 Å². The Morgan fingerprint density at radius 3 is 2.84 bits per heavy atom. The molecule has 1 amide bonds. The van der Waals surface area contributed by atoms with Crippen LogP contribution in [0.25, 0.3) is 0 Å². The van der Waals surface area contributed by atoms with Gasteiger partial charge < -0.3 is 10.7 Å². The van der Waals surface area contributed by atoms with Gasteiger partial charge in [-0.1, -0.05) is 0 Å². The van der Waals surface area contributed by atoms with Crippen molar-refractivity contribution in [3.8, 4) is 0 Å². The average Bonchev–Trinajstić information content (AvgIpc) is 2.84. The number of hydrazine groups is 1. The van der Waals surface area contributed by atoms with Crippen LogP contribution in [-0.2, 0) is 6.42 Å². The van der Waals surface area contributed by atoms with E-state index in [2.05, 4.69) is 25.9 Å². The number of aryl methyl sites for hydroxylation is 1. The summed E-state index contributed by atoms with van der Waals surface area (Å²) in [4.78, 5) is 16.1. The van der Waals surface area contributed by atoms with Crippen LogP contribution < -0.4 is 16.6 Å². The molecule has 4 N–H and O–H groups in total. The predicted molar refractivity (Wildman–Crippen MR) is 72.7 cm³/mol. The topological polar surface area (TPSA) is 106 Å². The monoisotopic (exact) mass is 278 g/mol. The smallest absolute Gasteiger partial charge is 0.271 e. The quantitative estimate of drug-likeness (QED) is 0.543. The van der Waals surface area contributed by atoms with Crippen molar-refractivity contribution < 1.29 is 4.79 Å². The van der Waals surface area contributed by atoms with Gasteiger partial charge in [0.05, 0.1) is 10.7 Å². The number of nitrogens with two attached hydrogens (primary N) is 1. The van der Waals surface area contributed by atoms with Crippen LogP contribution in [0.5, 0.6) is 0 Å². The molecule has 0 aliphatic carbocycles. The molecule has 2 heterocycles. The van der Waals surface area contributed by atoms with Gasteiger partial charge in [0.2, 0.25) is 0 Å². The van der Waals surface area contributed by atoms with Crippen LogP contribution in [0.15, 0.2) is 17.5 Å². The van der Waals surface area contributed by atoms with Crippen LogP contribution in [0.2, 0.25) is 0 Å². The van der Waals surface area contributed by atoms with Crippen LogP contribution in [0.4, 0.5) is 5.82 Å². The van der Waals surface area contributed by atoms with Crippen molar-refractivity contribution in [2.24, 2.45) is 5.84 Å². The molecule has 2 aromatic rings. The summed E-state index contributed by atoms with van der Waals surface area (Å²) in [5.74, 6) is 5.31. The van der Waals surface area contributed by atoms with Gasteiger partial charge in [-0.3, -0.25) is 4.79 Å². The van der Waals surface area contributed by atoms with E-state index >= 15 is 0 Å². The second-order valence-electron chi connectivity index (χ2n) is 3.81. The Morgan fingerprint density at radius 1 is 1.42 bits per heavy atom. The standard InChI is InChI=1S/C11H14N6OS/c1-7-14-8(6-19-7)4-5-13-11(18)9-2-3-10(15-12)17-16-9/h2-3,6H,4-5,12H2,1H3,(H,13,18)(H,15,17). The van der Waals surface area contributed by atoms with Crippen LogP contribution in [0.1, 0.15) is 21.2 Å². The Kier molecular flexibility index (Phi) is 4.37. The fourth-order valence-electron chi connectivity index (χ4n) is 1.45. The zero-order valence-corrected chi connectivity index (χ0v) is 11.2. The van der Waals surface area contributed by atoms with Gasteiger partial charge in [-0.2, -0.15) is 0 Å². The minimum Gasteiger partial charge on any atom is -0.350 e. The molecule has 7 nitrogen and oxygen atoms in total. The molecule has 0 unspecified atom stereocenters. The minimum absolute atomic E-state index is 0.258. The van der Waals surface area contributed by atoms with Gasteiger partial charge in [-0.05, 0) is 19.1 Å². The van der Waals surface area contributed by atoms with E-state index in [1.807, 2.05) is 12.3 Å². The summed E-state index contributed by atoms with van der Waals surface area (Å²) < 4.78 is 0. The molecule has 2 rings (SSSR count). The third-order valence-corrected chi connectivity index (χ3v) is 3.20.